The Morgan fingerprint density at radius 2 is 2.36 bits per heavy atom. The molecular formula is C8H13NO2. The summed E-state index contributed by atoms with van der Waals surface area (Å²) in [6.45, 7) is 5.03. The van der Waals surface area contributed by atoms with Crippen LogP contribution in [0, 0.1) is 0 Å². The predicted molar refractivity (Wildman–Crippen MR) is 43.0 cm³/mol. The first kappa shape index (κ1) is 9.92. The van der Waals surface area contributed by atoms with Crippen molar-refractivity contribution in [3.63, 3.8) is 0 Å². The highest BCUT2D eigenvalue weighted by Gasteiger charge is 1.83. The maximum Gasteiger partial charge on any atom is 0.234 e. The fourth-order valence-corrected chi connectivity index (χ4v) is 0.498. The maximum atomic E-state index is 9.60. The zero-order valence-electron chi connectivity index (χ0n) is 6.96. The molecule has 0 rings (SSSR count). The topological polar surface area (TPSA) is 38.7 Å². The first-order valence-electron chi connectivity index (χ1n) is 3.56. The Morgan fingerprint density at radius 1 is 1.64 bits per heavy atom. The first-order valence-corrected chi connectivity index (χ1v) is 3.56. The molecule has 0 aromatic rings. The molecule has 3 heteroatoms. The van der Waals surface area contributed by atoms with Crippen molar-refractivity contribution in [3.8, 4) is 0 Å². The minimum absolute atomic E-state index is 0.500. The first-order chi connectivity index (χ1) is 5.27. The van der Waals surface area contributed by atoms with E-state index in [1.54, 1.807) is 6.26 Å². The number of isocyanates is 1. The zero-order valence-corrected chi connectivity index (χ0v) is 6.96. The molecule has 0 aliphatic rings. The second-order valence-electron chi connectivity index (χ2n) is 2.39. The third-order valence-electron chi connectivity index (χ3n) is 0.916. The van der Waals surface area contributed by atoms with Crippen LogP contribution >= 0.6 is 0 Å². The van der Waals surface area contributed by atoms with Gasteiger partial charge in [-0.1, -0.05) is 0 Å². The van der Waals surface area contributed by atoms with E-state index in [9.17, 15) is 4.79 Å². The lowest BCUT2D eigenvalue weighted by Gasteiger charge is -1.97. The maximum absolute atomic E-state index is 9.60. The van der Waals surface area contributed by atoms with Crippen LogP contribution in [-0.4, -0.2) is 19.2 Å². The average molecular weight is 155 g/mol. The molecule has 11 heavy (non-hydrogen) atoms. The number of hydrogen-bond donors (Lipinski definition) is 0. The smallest absolute Gasteiger partial charge is 0.234 e. The van der Waals surface area contributed by atoms with E-state index in [1.807, 2.05) is 13.8 Å². The molecule has 0 fully saturated rings. The average Bonchev–Trinajstić information content (AvgIpc) is 1.96. The lowest BCUT2D eigenvalue weighted by atomic mass is 10.4. The third kappa shape index (κ3) is 8.92. The van der Waals surface area contributed by atoms with Crippen LogP contribution in [0.25, 0.3) is 0 Å². The Balaban J connectivity index is 3.15. The summed E-state index contributed by atoms with van der Waals surface area (Å²) in [4.78, 5) is 13.0. The fraction of sp³-hybridized carbons (Fsp3) is 0.625. The largest absolute Gasteiger partial charge is 0.501 e. The van der Waals surface area contributed by atoms with Crippen molar-refractivity contribution in [1.82, 2.24) is 0 Å². The van der Waals surface area contributed by atoms with Crippen molar-refractivity contribution >= 4 is 6.08 Å². The van der Waals surface area contributed by atoms with Crippen molar-refractivity contribution in [2.45, 2.75) is 20.3 Å². The monoisotopic (exact) mass is 155 g/mol. The molecule has 0 aliphatic heterocycles. The predicted octanol–water partition coefficient (Wildman–Crippen LogP) is 1.65. The van der Waals surface area contributed by atoms with Crippen LogP contribution in [0.4, 0.5) is 0 Å². The number of nitrogens with zero attached hydrogens (tertiary/aromatic N) is 1. The number of ether oxygens (including phenoxy) is 1. The Labute approximate surface area is 66.8 Å². The molecule has 0 N–H and O–H groups in total. The van der Waals surface area contributed by atoms with Crippen molar-refractivity contribution in [1.29, 1.82) is 0 Å². The highest BCUT2D eigenvalue weighted by molar-refractivity contribution is 5.32. The summed E-state index contributed by atoms with van der Waals surface area (Å²) < 4.78 is 5.09. The highest BCUT2D eigenvalue weighted by Crippen LogP contribution is 1.90. The molecule has 0 saturated carbocycles. The van der Waals surface area contributed by atoms with Crippen LogP contribution in [0.15, 0.2) is 16.8 Å². The summed E-state index contributed by atoms with van der Waals surface area (Å²) in [5, 5.41) is 0. The van der Waals surface area contributed by atoms with Gasteiger partial charge in [0.2, 0.25) is 6.08 Å². The molecule has 0 radical (unpaired) electrons. The number of carbonyl (C=O) groups excluding carboxylic acids is 1. The van der Waals surface area contributed by atoms with Crippen molar-refractivity contribution in [3.05, 3.63) is 11.8 Å². The van der Waals surface area contributed by atoms with Gasteiger partial charge in [0.1, 0.15) is 0 Å². The molecule has 62 valence electrons. The summed E-state index contributed by atoms with van der Waals surface area (Å²) in [5.41, 5.74) is 1.13. The second-order valence-corrected chi connectivity index (χ2v) is 2.39. The van der Waals surface area contributed by atoms with Gasteiger partial charge in [0.25, 0.3) is 0 Å². The van der Waals surface area contributed by atoms with Crippen LogP contribution < -0.4 is 0 Å². The number of rotatable bonds is 5. The van der Waals surface area contributed by atoms with Gasteiger partial charge in [-0.3, -0.25) is 0 Å². The van der Waals surface area contributed by atoms with E-state index in [4.69, 9.17) is 4.74 Å². The van der Waals surface area contributed by atoms with Gasteiger partial charge in [-0.25, -0.2) is 9.79 Å². The summed E-state index contributed by atoms with van der Waals surface area (Å²) in [7, 11) is 0. The Bertz CT molecular complexity index is 165. The Hall–Kier alpha value is -1.08. The minimum Gasteiger partial charge on any atom is -0.501 e. The van der Waals surface area contributed by atoms with E-state index in [0.29, 0.717) is 13.2 Å². The molecule has 0 saturated heterocycles. The van der Waals surface area contributed by atoms with Crippen LogP contribution in [-0.2, 0) is 9.53 Å². The van der Waals surface area contributed by atoms with Crippen molar-refractivity contribution in [2.24, 2.45) is 4.99 Å². The van der Waals surface area contributed by atoms with Crippen LogP contribution in [0.1, 0.15) is 20.3 Å². The fourth-order valence-electron chi connectivity index (χ4n) is 0.498. The normalized spacial score (nSPS) is 8.18. The van der Waals surface area contributed by atoms with E-state index in [2.05, 4.69) is 4.99 Å². The highest BCUT2D eigenvalue weighted by atomic mass is 16.5. The molecule has 0 unspecified atom stereocenters. The second kappa shape index (κ2) is 7.03. The number of aliphatic imine (C=N–C) groups is 1. The molecule has 3 nitrogen and oxygen atoms in total. The summed E-state index contributed by atoms with van der Waals surface area (Å²) in [6, 6.07) is 0. The molecule has 0 spiro atoms. The van der Waals surface area contributed by atoms with E-state index < -0.39 is 0 Å². The minimum atomic E-state index is 0.500. The van der Waals surface area contributed by atoms with Crippen LogP contribution in [0.3, 0.4) is 0 Å². The van der Waals surface area contributed by atoms with E-state index in [0.717, 1.165) is 12.0 Å². The molecule has 0 heterocycles. The van der Waals surface area contributed by atoms with Gasteiger partial charge in [0.05, 0.1) is 19.4 Å². The van der Waals surface area contributed by atoms with Gasteiger partial charge in [-0.15, -0.1) is 0 Å². The van der Waals surface area contributed by atoms with Crippen LogP contribution in [0.2, 0.25) is 0 Å². The van der Waals surface area contributed by atoms with Gasteiger partial charge < -0.3 is 4.74 Å². The molecule has 0 amide bonds. The number of allylic oxidation sites excluding steroid dienone is 1. The van der Waals surface area contributed by atoms with E-state index in [-0.39, 0.29) is 0 Å². The Kier molecular flexibility index (Phi) is 6.34. The van der Waals surface area contributed by atoms with Gasteiger partial charge >= 0.3 is 0 Å². The van der Waals surface area contributed by atoms with E-state index in [1.165, 1.54) is 6.08 Å². The summed E-state index contributed by atoms with van der Waals surface area (Å²) >= 11 is 0. The Morgan fingerprint density at radius 3 is 2.91 bits per heavy atom. The van der Waals surface area contributed by atoms with Gasteiger partial charge in [0.15, 0.2) is 0 Å². The van der Waals surface area contributed by atoms with Gasteiger partial charge in [0, 0.05) is 6.42 Å². The molecule has 0 aliphatic carbocycles. The summed E-state index contributed by atoms with van der Waals surface area (Å²) in [5.74, 6) is 0. The summed E-state index contributed by atoms with van der Waals surface area (Å²) in [6.07, 6.45) is 3.93. The van der Waals surface area contributed by atoms with Gasteiger partial charge in [-0.2, -0.15) is 0 Å². The molecule has 0 atom stereocenters. The van der Waals surface area contributed by atoms with Crippen molar-refractivity contribution < 1.29 is 9.53 Å². The lowest BCUT2D eigenvalue weighted by molar-refractivity contribution is 0.244. The van der Waals surface area contributed by atoms with E-state index >= 15 is 0 Å². The van der Waals surface area contributed by atoms with Crippen molar-refractivity contribution in [2.75, 3.05) is 13.2 Å². The third-order valence-corrected chi connectivity index (χ3v) is 0.916. The molecular weight excluding hydrogens is 142 g/mol. The zero-order chi connectivity index (χ0) is 8.53. The lowest BCUT2D eigenvalue weighted by Crippen LogP contribution is -1.90. The molecule has 0 aromatic heterocycles. The SMILES string of the molecule is CC(C)=COCCCN=C=O. The molecule has 0 aromatic carbocycles. The van der Waals surface area contributed by atoms with Gasteiger partial charge in [-0.05, 0) is 19.4 Å². The molecule has 0 bridgehead atoms. The van der Waals surface area contributed by atoms with Crippen LogP contribution in [0.5, 0.6) is 0 Å². The number of hydrogen-bond acceptors (Lipinski definition) is 3. The quantitative estimate of drug-likeness (QED) is 0.262. The standard InChI is InChI=1S/C8H13NO2/c1-8(2)6-11-5-3-4-9-7-10/h6H,3-5H2,1-2H3.